The van der Waals surface area contributed by atoms with Gasteiger partial charge in [0.1, 0.15) is 6.54 Å². The molecule has 1 atom stereocenters. The molecule has 25 heavy (non-hydrogen) atoms. The first-order chi connectivity index (χ1) is 12.0. The van der Waals surface area contributed by atoms with Crippen molar-refractivity contribution < 1.29 is 9.32 Å². The van der Waals surface area contributed by atoms with Crippen molar-refractivity contribution in [2.75, 3.05) is 27.2 Å². The number of piperidine rings is 1. The van der Waals surface area contributed by atoms with Crippen LogP contribution in [0, 0.1) is 12.3 Å². The zero-order valence-electron chi connectivity index (χ0n) is 15.0. The number of nitrogens with zero attached hydrogens (tertiary/aromatic N) is 4. The lowest BCUT2D eigenvalue weighted by atomic mass is 9.91. The number of aryl methyl sites for hydroxylation is 1. The van der Waals surface area contributed by atoms with Crippen LogP contribution in [-0.2, 0) is 6.54 Å². The summed E-state index contributed by atoms with van der Waals surface area (Å²) < 4.78 is 5.43. The Bertz CT molecular complexity index is 776. The van der Waals surface area contributed by atoms with Gasteiger partial charge in [0.15, 0.2) is 5.82 Å². The van der Waals surface area contributed by atoms with E-state index in [1.807, 2.05) is 18.4 Å². The SMILES string of the molecule is Cc1ccsc1C(=O)N(C)Cc1nc(C2CC23CCN(C)CC3)no1. The maximum atomic E-state index is 12.5. The Kier molecular flexibility index (Phi) is 4.16. The summed E-state index contributed by atoms with van der Waals surface area (Å²) in [5, 5.41) is 6.14. The van der Waals surface area contributed by atoms with E-state index >= 15 is 0 Å². The van der Waals surface area contributed by atoms with Crippen molar-refractivity contribution in [1.82, 2.24) is 19.9 Å². The zero-order valence-corrected chi connectivity index (χ0v) is 15.8. The molecule has 4 rings (SSSR count). The molecule has 7 heteroatoms. The van der Waals surface area contributed by atoms with Crippen LogP contribution in [0.15, 0.2) is 16.0 Å². The van der Waals surface area contributed by atoms with Gasteiger partial charge in [0.2, 0.25) is 5.89 Å². The Morgan fingerprint density at radius 1 is 1.48 bits per heavy atom. The molecule has 1 amide bonds. The van der Waals surface area contributed by atoms with Gasteiger partial charge in [-0.1, -0.05) is 5.16 Å². The smallest absolute Gasteiger partial charge is 0.264 e. The van der Waals surface area contributed by atoms with Crippen molar-refractivity contribution in [3.8, 4) is 0 Å². The fourth-order valence-corrected chi connectivity index (χ4v) is 4.76. The van der Waals surface area contributed by atoms with Gasteiger partial charge in [0.25, 0.3) is 5.91 Å². The van der Waals surface area contributed by atoms with Crippen LogP contribution in [0.5, 0.6) is 0 Å². The molecule has 6 nitrogen and oxygen atoms in total. The minimum absolute atomic E-state index is 0.00506. The molecule has 1 saturated heterocycles. The normalized spacial score (nSPS) is 22.3. The number of aromatic nitrogens is 2. The monoisotopic (exact) mass is 360 g/mol. The molecule has 2 aromatic rings. The number of carbonyl (C=O) groups excluding carboxylic acids is 1. The third-order valence-corrected chi connectivity index (χ3v) is 6.75. The van der Waals surface area contributed by atoms with Gasteiger partial charge in [-0.3, -0.25) is 4.79 Å². The predicted octanol–water partition coefficient (Wildman–Crippen LogP) is 2.91. The molecule has 0 radical (unpaired) electrons. The predicted molar refractivity (Wildman–Crippen MR) is 95.7 cm³/mol. The third kappa shape index (κ3) is 3.11. The van der Waals surface area contributed by atoms with E-state index in [4.69, 9.17) is 4.52 Å². The molecule has 1 unspecified atom stereocenters. The van der Waals surface area contributed by atoms with Gasteiger partial charge in [-0.25, -0.2) is 0 Å². The van der Waals surface area contributed by atoms with Crippen LogP contribution in [0.2, 0.25) is 0 Å². The molecule has 0 N–H and O–H groups in total. The van der Waals surface area contributed by atoms with E-state index in [1.54, 1.807) is 11.9 Å². The van der Waals surface area contributed by atoms with E-state index in [9.17, 15) is 4.79 Å². The summed E-state index contributed by atoms with van der Waals surface area (Å²) in [6, 6.07) is 1.96. The molecule has 0 aromatic carbocycles. The number of amides is 1. The van der Waals surface area contributed by atoms with E-state index in [0.29, 0.717) is 23.8 Å². The second-order valence-corrected chi connectivity index (χ2v) is 8.48. The summed E-state index contributed by atoms with van der Waals surface area (Å²) in [6.45, 7) is 4.61. The van der Waals surface area contributed by atoms with Crippen LogP contribution in [0.1, 0.15) is 52.1 Å². The topological polar surface area (TPSA) is 62.5 Å². The standard InChI is InChI=1S/C18H24N4O2S/c1-12-4-9-25-15(12)17(23)22(3)11-14-19-16(20-24-14)13-10-18(13)5-7-21(2)8-6-18/h4,9,13H,5-8,10-11H2,1-3H3. The first-order valence-corrected chi connectivity index (χ1v) is 9.67. The molecule has 1 spiro atoms. The molecule has 1 aliphatic heterocycles. The molecule has 1 saturated carbocycles. The zero-order chi connectivity index (χ0) is 17.6. The van der Waals surface area contributed by atoms with Crippen LogP contribution >= 0.6 is 11.3 Å². The van der Waals surface area contributed by atoms with E-state index in [-0.39, 0.29) is 5.91 Å². The van der Waals surface area contributed by atoms with Gasteiger partial charge in [0.05, 0.1) is 4.88 Å². The van der Waals surface area contributed by atoms with Crippen molar-refractivity contribution >= 4 is 17.2 Å². The van der Waals surface area contributed by atoms with Gasteiger partial charge in [-0.2, -0.15) is 4.98 Å². The number of carbonyl (C=O) groups is 1. The minimum atomic E-state index is 0.00506. The highest BCUT2D eigenvalue weighted by atomic mass is 32.1. The fourth-order valence-electron chi connectivity index (χ4n) is 3.84. The molecule has 1 aliphatic carbocycles. The van der Waals surface area contributed by atoms with Crippen molar-refractivity contribution in [2.24, 2.45) is 5.41 Å². The largest absolute Gasteiger partial charge is 0.337 e. The van der Waals surface area contributed by atoms with Gasteiger partial charge < -0.3 is 14.3 Å². The summed E-state index contributed by atoms with van der Waals surface area (Å²) in [6.07, 6.45) is 3.60. The quantitative estimate of drug-likeness (QED) is 0.839. The maximum Gasteiger partial charge on any atom is 0.264 e. The number of hydrogen-bond acceptors (Lipinski definition) is 6. The van der Waals surface area contributed by atoms with Gasteiger partial charge >= 0.3 is 0 Å². The average Bonchev–Trinajstić information content (AvgIpc) is 2.92. The third-order valence-electron chi connectivity index (χ3n) is 5.74. The highest BCUT2D eigenvalue weighted by Gasteiger charge is 2.57. The fraction of sp³-hybridized carbons (Fsp3) is 0.611. The van der Waals surface area contributed by atoms with Crippen LogP contribution in [0.3, 0.4) is 0 Å². The molecule has 2 aliphatic rings. The van der Waals surface area contributed by atoms with Crippen LogP contribution in [0.25, 0.3) is 0 Å². The summed E-state index contributed by atoms with van der Waals surface area (Å²) in [7, 11) is 3.96. The Morgan fingerprint density at radius 2 is 2.24 bits per heavy atom. The number of thiophene rings is 1. The molecule has 134 valence electrons. The molecule has 3 heterocycles. The van der Waals surface area contributed by atoms with Crippen molar-refractivity contribution in [2.45, 2.75) is 38.6 Å². The number of likely N-dealkylation sites (tertiary alicyclic amines) is 1. The summed E-state index contributed by atoms with van der Waals surface area (Å²) in [5.41, 5.74) is 1.40. The van der Waals surface area contributed by atoms with E-state index in [0.717, 1.165) is 29.4 Å². The van der Waals surface area contributed by atoms with Crippen LogP contribution in [-0.4, -0.2) is 53.0 Å². The molecular weight excluding hydrogens is 336 g/mol. The maximum absolute atomic E-state index is 12.5. The first kappa shape index (κ1) is 16.7. The first-order valence-electron chi connectivity index (χ1n) is 8.79. The summed E-state index contributed by atoms with van der Waals surface area (Å²) in [4.78, 5) is 21.9. The lowest BCUT2D eigenvalue weighted by Crippen LogP contribution is -2.31. The lowest BCUT2D eigenvalue weighted by Gasteiger charge is -2.29. The second kappa shape index (κ2) is 6.21. The van der Waals surface area contributed by atoms with Crippen LogP contribution in [0.4, 0.5) is 0 Å². The molecule has 2 aromatic heterocycles. The lowest BCUT2D eigenvalue weighted by molar-refractivity contribution is 0.0773. The molecular formula is C18H24N4O2S. The minimum Gasteiger partial charge on any atom is -0.337 e. The van der Waals surface area contributed by atoms with Crippen LogP contribution < -0.4 is 0 Å². The Hall–Kier alpha value is -1.73. The van der Waals surface area contributed by atoms with Crippen molar-refractivity contribution in [3.63, 3.8) is 0 Å². The number of hydrogen-bond donors (Lipinski definition) is 0. The molecule has 2 fully saturated rings. The Balaban J connectivity index is 1.39. The highest BCUT2D eigenvalue weighted by Crippen LogP contribution is 2.64. The molecule has 0 bridgehead atoms. The average molecular weight is 360 g/mol. The van der Waals surface area contributed by atoms with E-state index < -0.39 is 0 Å². The van der Waals surface area contributed by atoms with E-state index in [1.165, 1.54) is 30.6 Å². The van der Waals surface area contributed by atoms with Crippen molar-refractivity contribution in [3.05, 3.63) is 33.6 Å². The summed E-state index contributed by atoms with van der Waals surface area (Å²) >= 11 is 1.47. The Labute approximate surface area is 151 Å². The van der Waals surface area contributed by atoms with E-state index in [2.05, 4.69) is 22.1 Å². The Morgan fingerprint density at radius 3 is 2.92 bits per heavy atom. The van der Waals surface area contributed by atoms with Gasteiger partial charge in [0, 0.05) is 13.0 Å². The van der Waals surface area contributed by atoms with Gasteiger partial charge in [-0.15, -0.1) is 11.3 Å². The number of rotatable bonds is 4. The van der Waals surface area contributed by atoms with Crippen molar-refractivity contribution in [1.29, 1.82) is 0 Å². The second-order valence-electron chi connectivity index (χ2n) is 7.56. The highest BCUT2D eigenvalue weighted by molar-refractivity contribution is 7.12. The summed E-state index contributed by atoms with van der Waals surface area (Å²) in [5.74, 6) is 1.78. The van der Waals surface area contributed by atoms with Gasteiger partial charge in [-0.05, 0) is 68.7 Å².